The van der Waals surface area contributed by atoms with Crippen molar-refractivity contribution in [1.29, 1.82) is 0 Å². The molecule has 1 atom stereocenters. The molecule has 3 rings (SSSR count). The number of imide groups is 2. The molecule has 1 saturated heterocycles. The number of benzene rings is 1. The average molecular weight is 460 g/mol. The molecule has 12 nitrogen and oxygen atoms in total. The molecule has 6 amide bonds. The van der Waals surface area contributed by atoms with Crippen molar-refractivity contribution in [2.45, 2.75) is 45.3 Å². The van der Waals surface area contributed by atoms with Crippen LogP contribution in [-0.2, 0) is 19.1 Å². The van der Waals surface area contributed by atoms with E-state index in [-0.39, 0.29) is 36.4 Å². The monoisotopic (exact) mass is 460 g/mol. The maximum atomic E-state index is 13.0. The second-order valence-corrected chi connectivity index (χ2v) is 8.37. The molecule has 0 spiro atoms. The number of fused-ring (bicyclic) bond motifs is 1. The molecule has 0 aromatic heterocycles. The molecule has 1 fully saturated rings. The molecule has 1 unspecified atom stereocenters. The second kappa shape index (κ2) is 9.27. The van der Waals surface area contributed by atoms with Crippen LogP contribution in [0.15, 0.2) is 18.2 Å². The van der Waals surface area contributed by atoms with Gasteiger partial charge in [0.05, 0.1) is 17.8 Å². The fourth-order valence-corrected chi connectivity index (χ4v) is 3.33. The van der Waals surface area contributed by atoms with Crippen molar-refractivity contribution >= 4 is 35.6 Å². The summed E-state index contributed by atoms with van der Waals surface area (Å²) in [7, 11) is 0. The number of alkyl carbamates (subject to hydrolysis) is 1. The van der Waals surface area contributed by atoms with E-state index in [1.807, 2.05) is 0 Å². The molecule has 0 bridgehead atoms. The van der Waals surface area contributed by atoms with E-state index in [0.29, 0.717) is 0 Å². The number of hydrogen-bond donors (Lipinski definition) is 3. The summed E-state index contributed by atoms with van der Waals surface area (Å²) < 4.78 is 10.5. The zero-order valence-electron chi connectivity index (χ0n) is 18.4. The zero-order valence-corrected chi connectivity index (χ0v) is 18.4. The van der Waals surface area contributed by atoms with Gasteiger partial charge in [-0.05, 0) is 39.3 Å². The third-order valence-corrected chi connectivity index (χ3v) is 4.71. The molecule has 12 heteroatoms. The summed E-state index contributed by atoms with van der Waals surface area (Å²) in [6.07, 6.45) is -0.674. The first kappa shape index (κ1) is 23.7. The first-order chi connectivity index (χ1) is 15.5. The van der Waals surface area contributed by atoms with Gasteiger partial charge in [0.15, 0.2) is 6.61 Å². The maximum absolute atomic E-state index is 13.0. The second-order valence-electron chi connectivity index (χ2n) is 8.37. The molecule has 1 aromatic carbocycles. The van der Waals surface area contributed by atoms with Crippen LogP contribution in [0.1, 0.15) is 54.3 Å². The van der Waals surface area contributed by atoms with Crippen molar-refractivity contribution in [3.63, 3.8) is 0 Å². The Bertz CT molecular complexity index is 1030. The first-order valence-corrected chi connectivity index (χ1v) is 10.2. The van der Waals surface area contributed by atoms with Crippen molar-refractivity contribution in [2.75, 3.05) is 13.3 Å². The number of amides is 6. The first-order valence-electron chi connectivity index (χ1n) is 10.2. The quantitative estimate of drug-likeness (QED) is 0.397. The van der Waals surface area contributed by atoms with Gasteiger partial charge in [0, 0.05) is 6.42 Å². The van der Waals surface area contributed by atoms with E-state index in [1.54, 1.807) is 20.8 Å². The van der Waals surface area contributed by atoms with E-state index in [1.165, 1.54) is 18.2 Å². The minimum atomic E-state index is -1.11. The molecule has 0 radical (unpaired) electrons. The minimum Gasteiger partial charge on any atom is -0.483 e. The Kier molecular flexibility index (Phi) is 6.65. The van der Waals surface area contributed by atoms with Crippen molar-refractivity contribution in [2.24, 2.45) is 0 Å². The smallest absolute Gasteiger partial charge is 0.409 e. The Morgan fingerprint density at radius 2 is 1.85 bits per heavy atom. The standard InChI is InChI=1S/C21H24N4O8/c1-21(2,3)33-20(31)23-10-22-15(27)9-32-13-6-4-5-11-16(13)19(30)25(18(11)29)12-7-8-14(26)24-17(12)28/h4-6,12H,7-10H2,1-3H3,(H,22,27)(H,23,31)(H,24,26,28). The number of carbonyl (C=O) groups excluding carboxylic acids is 6. The number of piperidine rings is 1. The van der Waals surface area contributed by atoms with Gasteiger partial charge in [-0.25, -0.2) is 4.79 Å². The summed E-state index contributed by atoms with van der Waals surface area (Å²) in [6.45, 7) is 4.40. The van der Waals surface area contributed by atoms with Gasteiger partial charge in [0.1, 0.15) is 17.4 Å². The van der Waals surface area contributed by atoms with Gasteiger partial charge in [0.25, 0.3) is 17.7 Å². The number of hydrogen-bond acceptors (Lipinski definition) is 8. The van der Waals surface area contributed by atoms with Crippen LogP contribution in [0.3, 0.4) is 0 Å². The lowest BCUT2D eigenvalue weighted by molar-refractivity contribution is -0.136. The van der Waals surface area contributed by atoms with E-state index >= 15 is 0 Å². The predicted molar refractivity (Wildman–Crippen MR) is 111 cm³/mol. The van der Waals surface area contributed by atoms with Crippen LogP contribution in [0.5, 0.6) is 5.75 Å². The fraction of sp³-hybridized carbons (Fsp3) is 0.429. The summed E-state index contributed by atoms with van der Waals surface area (Å²) in [5, 5.41) is 6.88. The van der Waals surface area contributed by atoms with Gasteiger partial charge in [0.2, 0.25) is 11.8 Å². The van der Waals surface area contributed by atoms with Crippen LogP contribution in [0.25, 0.3) is 0 Å². The van der Waals surface area contributed by atoms with Gasteiger partial charge in [-0.2, -0.15) is 0 Å². The molecule has 176 valence electrons. The third-order valence-electron chi connectivity index (χ3n) is 4.71. The summed E-state index contributed by atoms with van der Waals surface area (Å²) in [4.78, 5) is 73.7. The molecule has 2 aliphatic heterocycles. The molecule has 33 heavy (non-hydrogen) atoms. The molecule has 2 heterocycles. The number of carbonyl (C=O) groups is 6. The predicted octanol–water partition coefficient (Wildman–Crippen LogP) is 0.0650. The molecule has 1 aromatic rings. The van der Waals surface area contributed by atoms with E-state index in [2.05, 4.69) is 16.0 Å². The lowest BCUT2D eigenvalue weighted by Crippen LogP contribution is -2.54. The zero-order chi connectivity index (χ0) is 24.3. The van der Waals surface area contributed by atoms with Crippen LogP contribution in [0, 0.1) is 0 Å². The van der Waals surface area contributed by atoms with Gasteiger partial charge < -0.3 is 20.1 Å². The highest BCUT2D eigenvalue weighted by atomic mass is 16.6. The Labute approximate surface area is 188 Å². The van der Waals surface area contributed by atoms with Gasteiger partial charge in [-0.3, -0.25) is 34.2 Å². The Balaban J connectivity index is 1.61. The third kappa shape index (κ3) is 5.45. The van der Waals surface area contributed by atoms with Crippen molar-refractivity contribution < 1.29 is 38.2 Å². The van der Waals surface area contributed by atoms with E-state index in [0.717, 1.165) is 4.90 Å². The molecular formula is C21H24N4O8. The van der Waals surface area contributed by atoms with Gasteiger partial charge in [-0.15, -0.1) is 0 Å². The van der Waals surface area contributed by atoms with Crippen LogP contribution in [-0.4, -0.2) is 65.4 Å². The van der Waals surface area contributed by atoms with E-state index < -0.39 is 53.9 Å². The highest BCUT2D eigenvalue weighted by molar-refractivity contribution is 6.24. The Morgan fingerprint density at radius 3 is 2.52 bits per heavy atom. The number of ether oxygens (including phenoxy) is 2. The number of nitrogens with one attached hydrogen (secondary N) is 3. The van der Waals surface area contributed by atoms with Gasteiger partial charge >= 0.3 is 6.09 Å². The SMILES string of the molecule is CC(C)(C)OC(=O)NCNC(=O)COc1cccc2c1C(=O)N(C1CCC(=O)NC1=O)C2=O. The summed E-state index contributed by atoms with van der Waals surface area (Å²) in [5.74, 6) is -3.21. The Hall–Kier alpha value is -3.96. The number of rotatable bonds is 6. The lowest BCUT2D eigenvalue weighted by atomic mass is 10.0. The summed E-state index contributed by atoms with van der Waals surface area (Å²) >= 11 is 0. The van der Waals surface area contributed by atoms with Crippen LogP contribution >= 0.6 is 0 Å². The normalized spacial score (nSPS) is 17.9. The van der Waals surface area contributed by atoms with Crippen LogP contribution < -0.4 is 20.7 Å². The molecule has 2 aliphatic rings. The fourth-order valence-electron chi connectivity index (χ4n) is 3.33. The highest BCUT2D eigenvalue weighted by Crippen LogP contribution is 2.33. The molecular weight excluding hydrogens is 436 g/mol. The lowest BCUT2D eigenvalue weighted by Gasteiger charge is -2.27. The van der Waals surface area contributed by atoms with E-state index in [9.17, 15) is 28.8 Å². The average Bonchev–Trinajstić information content (AvgIpc) is 2.96. The summed E-state index contributed by atoms with van der Waals surface area (Å²) in [5.41, 5.74) is -0.711. The topological polar surface area (TPSA) is 160 Å². The van der Waals surface area contributed by atoms with Crippen molar-refractivity contribution in [3.05, 3.63) is 29.3 Å². The minimum absolute atomic E-state index is 0.00380. The van der Waals surface area contributed by atoms with Gasteiger partial charge in [-0.1, -0.05) is 6.07 Å². The van der Waals surface area contributed by atoms with E-state index in [4.69, 9.17) is 9.47 Å². The molecule has 0 saturated carbocycles. The van der Waals surface area contributed by atoms with Crippen molar-refractivity contribution in [1.82, 2.24) is 20.9 Å². The highest BCUT2D eigenvalue weighted by Gasteiger charge is 2.46. The van der Waals surface area contributed by atoms with Crippen LogP contribution in [0.2, 0.25) is 0 Å². The molecule has 3 N–H and O–H groups in total. The summed E-state index contributed by atoms with van der Waals surface area (Å²) in [6, 6.07) is 3.21. The van der Waals surface area contributed by atoms with Crippen molar-refractivity contribution in [3.8, 4) is 5.75 Å². The number of nitrogens with zero attached hydrogens (tertiary/aromatic N) is 1. The molecule has 0 aliphatic carbocycles. The largest absolute Gasteiger partial charge is 0.483 e. The maximum Gasteiger partial charge on any atom is 0.409 e. The Morgan fingerprint density at radius 1 is 1.12 bits per heavy atom. The van der Waals surface area contributed by atoms with Crippen LogP contribution in [0.4, 0.5) is 4.79 Å².